The highest BCUT2D eigenvalue weighted by atomic mass is 16.2. The molecule has 0 unspecified atom stereocenters. The van der Waals surface area contributed by atoms with Crippen molar-refractivity contribution in [3.8, 4) is 0 Å². The number of nitrogens with zero attached hydrogens (tertiary/aromatic N) is 3. The number of urea groups is 1. The second-order valence-electron chi connectivity index (χ2n) is 3.79. The number of carbonyl (C=O) groups is 1. The van der Waals surface area contributed by atoms with Crippen LogP contribution in [0, 0.1) is 0 Å². The summed E-state index contributed by atoms with van der Waals surface area (Å²) in [6.07, 6.45) is 4.71. The SMILES string of the molecule is O=C(Nc1ccc2nc[nH]c2c1)Nc1ncccn1. The molecule has 0 aliphatic rings. The summed E-state index contributed by atoms with van der Waals surface area (Å²) in [4.78, 5) is 26.6. The number of rotatable bonds is 2. The number of hydrogen-bond donors (Lipinski definition) is 3. The second kappa shape index (κ2) is 4.73. The fraction of sp³-hybridized carbons (Fsp3) is 0. The van der Waals surface area contributed by atoms with E-state index in [1.165, 1.54) is 0 Å². The van der Waals surface area contributed by atoms with Crippen LogP contribution in [0.2, 0.25) is 0 Å². The number of aromatic nitrogens is 4. The predicted octanol–water partition coefficient (Wildman–Crippen LogP) is 2.00. The van der Waals surface area contributed by atoms with Crippen LogP contribution in [0.3, 0.4) is 0 Å². The zero-order valence-electron chi connectivity index (χ0n) is 9.79. The molecule has 0 bridgehead atoms. The first-order valence-corrected chi connectivity index (χ1v) is 5.59. The number of benzene rings is 1. The quantitative estimate of drug-likeness (QED) is 0.651. The van der Waals surface area contributed by atoms with Crippen LogP contribution in [0.1, 0.15) is 0 Å². The Labute approximate surface area is 108 Å². The van der Waals surface area contributed by atoms with Crippen molar-refractivity contribution in [3.05, 3.63) is 43.0 Å². The molecule has 3 N–H and O–H groups in total. The molecule has 0 atom stereocenters. The summed E-state index contributed by atoms with van der Waals surface area (Å²) in [7, 11) is 0. The van der Waals surface area contributed by atoms with Gasteiger partial charge in [0.15, 0.2) is 0 Å². The van der Waals surface area contributed by atoms with Crippen molar-refractivity contribution < 1.29 is 4.79 Å². The van der Waals surface area contributed by atoms with Crippen LogP contribution in [-0.4, -0.2) is 26.0 Å². The summed E-state index contributed by atoms with van der Waals surface area (Å²) >= 11 is 0. The molecule has 3 aromatic rings. The zero-order valence-corrected chi connectivity index (χ0v) is 9.79. The van der Waals surface area contributed by atoms with E-state index in [1.54, 1.807) is 36.9 Å². The van der Waals surface area contributed by atoms with Crippen LogP contribution < -0.4 is 10.6 Å². The van der Waals surface area contributed by atoms with E-state index in [0.29, 0.717) is 5.69 Å². The maximum atomic E-state index is 11.7. The lowest BCUT2D eigenvalue weighted by atomic mass is 10.3. The summed E-state index contributed by atoms with van der Waals surface area (Å²) in [6, 6.07) is 6.67. The minimum Gasteiger partial charge on any atom is -0.345 e. The number of fused-ring (bicyclic) bond motifs is 1. The molecule has 3 rings (SSSR count). The fourth-order valence-electron chi connectivity index (χ4n) is 1.64. The maximum absolute atomic E-state index is 11.7. The van der Waals surface area contributed by atoms with Crippen molar-refractivity contribution in [2.45, 2.75) is 0 Å². The normalized spacial score (nSPS) is 10.3. The Balaban J connectivity index is 1.72. The van der Waals surface area contributed by atoms with Crippen LogP contribution in [0.4, 0.5) is 16.4 Å². The Morgan fingerprint density at radius 3 is 2.79 bits per heavy atom. The third-order valence-electron chi connectivity index (χ3n) is 2.47. The summed E-state index contributed by atoms with van der Waals surface area (Å²) in [5, 5.41) is 5.23. The molecule has 1 aromatic carbocycles. The highest BCUT2D eigenvalue weighted by Crippen LogP contribution is 2.15. The third kappa shape index (κ3) is 2.49. The molecular formula is C12H10N6O. The summed E-state index contributed by atoms with van der Waals surface area (Å²) in [5.41, 5.74) is 2.36. The molecule has 0 saturated heterocycles. The number of carbonyl (C=O) groups excluding carboxylic acids is 1. The Bertz CT molecular complexity index is 708. The average molecular weight is 254 g/mol. The Kier molecular flexibility index (Phi) is 2.77. The van der Waals surface area contributed by atoms with Crippen molar-refractivity contribution in [2.75, 3.05) is 10.6 Å². The fourth-order valence-corrected chi connectivity index (χ4v) is 1.64. The lowest BCUT2D eigenvalue weighted by molar-refractivity contribution is 0.262. The van der Waals surface area contributed by atoms with Crippen LogP contribution >= 0.6 is 0 Å². The van der Waals surface area contributed by atoms with Crippen molar-refractivity contribution >= 4 is 28.7 Å². The summed E-state index contributed by atoms with van der Waals surface area (Å²) in [6.45, 7) is 0. The monoisotopic (exact) mass is 254 g/mol. The first-order chi connectivity index (χ1) is 9.31. The maximum Gasteiger partial charge on any atom is 0.326 e. The van der Waals surface area contributed by atoms with E-state index in [4.69, 9.17) is 0 Å². The van der Waals surface area contributed by atoms with Gasteiger partial charge in [0.1, 0.15) is 0 Å². The van der Waals surface area contributed by atoms with Gasteiger partial charge in [0, 0.05) is 18.1 Å². The van der Waals surface area contributed by atoms with Gasteiger partial charge in [-0.15, -0.1) is 0 Å². The zero-order chi connectivity index (χ0) is 13.1. The van der Waals surface area contributed by atoms with Crippen LogP contribution in [0.25, 0.3) is 11.0 Å². The molecule has 0 radical (unpaired) electrons. The number of anilines is 2. The van der Waals surface area contributed by atoms with Crippen molar-refractivity contribution in [3.63, 3.8) is 0 Å². The topological polar surface area (TPSA) is 95.6 Å². The lowest BCUT2D eigenvalue weighted by Gasteiger charge is -2.05. The highest BCUT2D eigenvalue weighted by Gasteiger charge is 2.05. The molecule has 94 valence electrons. The lowest BCUT2D eigenvalue weighted by Crippen LogP contribution is -2.20. The van der Waals surface area contributed by atoms with Gasteiger partial charge in [0.2, 0.25) is 5.95 Å². The van der Waals surface area contributed by atoms with Gasteiger partial charge in [-0.1, -0.05) is 0 Å². The molecule has 2 amide bonds. The Morgan fingerprint density at radius 1 is 1.11 bits per heavy atom. The van der Waals surface area contributed by atoms with E-state index in [1.807, 2.05) is 6.07 Å². The molecule has 19 heavy (non-hydrogen) atoms. The minimum atomic E-state index is -0.398. The predicted molar refractivity (Wildman–Crippen MR) is 70.8 cm³/mol. The molecule has 7 heteroatoms. The number of hydrogen-bond acceptors (Lipinski definition) is 4. The molecule has 0 fully saturated rings. The smallest absolute Gasteiger partial charge is 0.326 e. The van der Waals surface area contributed by atoms with Gasteiger partial charge in [-0.3, -0.25) is 5.32 Å². The average Bonchev–Trinajstić information content (AvgIpc) is 2.87. The van der Waals surface area contributed by atoms with Gasteiger partial charge in [-0.2, -0.15) is 0 Å². The van der Waals surface area contributed by atoms with Crippen molar-refractivity contribution in [1.29, 1.82) is 0 Å². The molecule has 7 nitrogen and oxygen atoms in total. The highest BCUT2D eigenvalue weighted by molar-refractivity contribution is 5.99. The van der Waals surface area contributed by atoms with Crippen LogP contribution in [-0.2, 0) is 0 Å². The van der Waals surface area contributed by atoms with E-state index < -0.39 is 6.03 Å². The number of aromatic amines is 1. The van der Waals surface area contributed by atoms with Gasteiger partial charge < -0.3 is 10.3 Å². The summed E-state index contributed by atoms with van der Waals surface area (Å²) < 4.78 is 0. The Hall–Kier alpha value is -2.96. The summed E-state index contributed by atoms with van der Waals surface area (Å²) in [5.74, 6) is 0.252. The van der Waals surface area contributed by atoms with E-state index in [0.717, 1.165) is 11.0 Å². The molecule has 0 aliphatic carbocycles. The molecule has 2 aromatic heterocycles. The largest absolute Gasteiger partial charge is 0.345 e. The van der Waals surface area contributed by atoms with Crippen LogP contribution in [0.15, 0.2) is 43.0 Å². The van der Waals surface area contributed by atoms with Gasteiger partial charge in [0.05, 0.1) is 17.4 Å². The van der Waals surface area contributed by atoms with Crippen molar-refractivity contribution in [2.24, 2.45) is 0 Å². The molecule has 0 aliphatic heterocycles. The van der Waals surface area contributed by atoms with Gasteiger partial charge >= 0.3 is 6.03 Å². The van der Waals surface area contributed by atoms with Crippen LogP contribution in [0.5, 0.6) is 0 Å². The molecule has 2 heterocycles. The molecular weight excluding hydrogens is 244 g/mol. The number of amides is 2. The van der Waals surface area contributed by atoms with E-state index >= 15 is 0 Å². The van der Waals surface area contributed by atoms with E-state index in [2.05, 4.69) is 30.6 Å². The number of H-pyrrole nitrogens is 1. The first kappa shape index (κ1) is 11.1. The van der Waals surface area contributed by atoms with Gasteiger partial charge in [-0.25, -0.2) is 19.7 Å². The minimum absolute atomic E-state index is 0.252. The van der Waals surface area contributed by atoms with Gasteiger partial charge in [0.25, 0.3) is 0 Å². The Morgan fingerprint density at radius 2 is 1.95 bits per heavy atom. The standard InChI is InChI=1S/C12H10N6O/c19-12(18-11-13-4-1-5-14-11)17-8-2-3-9-10(6-8)16-7-15-9/h1-7H,(H,15,16)(H2,13,14,17,18,19). The van der Waals surface area contributed by atoms with E-state index in [-0.39, 0.29) is 5.95 Å². The van der Waals surface area contributed by atoms with Crippen molar-refractivity contribution in [1.82, 2.24) is 19.9 Å². The molecule has 0 spiro atoms. The number of imidazole rings is 1. The third-order valence-corrected chi connectivity index (χ3v) is 2.47. The van der Waals surface area contributed by atoms with E-state index in [9.17, 15) is 4.79 Å². The second-order valence-corrected chi connectivity index (χ2v) is 3.79. The first-order valence-electron chi connectivity index (χ1n) is 5.59. The molecule has 0 saturated carbocycles. The van der Waals surface area contributed by atoms with Gasteiger partial charge in [-0.05, 0) is 24.3 Å². The number of nitrogens with one attached hydrogen (secondary N) is 3.